The monoisotopic (exact) mass is 390 g/mol. The number of rotatable bonds is 3. The summed E-state index contributed by atoms with van der Waals surface area (Å²) in [5.74, 6) is 0.609. The quantitative estimate of drug-likeness (QED) is 0.785. The maximum atomic E-state index is 6.01. The fraction of sp³-hybridized carbons (Fsp3) is 0.357. The Balaban J connectivity index is 2.19. The third-order valence-electron chi connectivity index (χ3n) is 2.51. The smallest absolute Gasteiger partial charge is 0.227 e. The van der Waals surface area contributed by atoms with E-state index in [1.165, 1.54) is 0 Å². The van der Waals surface area contributed by atoms with Gasteiger partial charge < -0.3 is 9.73 Å². The van der Waals surface area contributed by atoms with Crippen molar-refractivity contribution in [3.05, 3.63) is 38.7 Å². The molecule has 0 atom stereocenters. The van der Waals surface area contributed by atoms with E-state index in [1.54, 1.807) is 6.26 Å². The topological polar surface area (TPSA) is 38.1 Å². The number of aromatic nitrogens is 1. The molecule has 0 unspecified atom stereocenters. The van der Waals surface area contributed by atoms with Crippen molar-refractivity contribution >= 4 is 34.2 Å². The van der Waals surface area contributed by atoms with E-state index >= 15 is 0 Å². The van der Waals surface area contributed by atoms with Gasteiger partial charge in [-0.05, 0) is 61.6 Å². The van der Waals surface area contributed by atoms with Crippen molar-refractivity contribution in [2.45, 2.75) is 32.9 Å². The zero-order chi connectivity index (χ0) is 14.0. The van der Waals surface area contributed by atoms with Crippen LogP contribution < -0.4 is 5.32 Å². The Morgan fingerprint density at radius 3 is 2.79 bits per heavy atom. The highest BCUT2D eigenvalue weighted by Crippen LogP contribution is 2.27. The van der Waals surface area contributed by atoms with Crippen LogP contribution in [0.2, 0.25) is 5.02 Å². The lowest BCUT2D eigenvalue weighted by Crippen LogP contribution is -2.35. The Hall–Kier alpha value is -0.590. The molecule has 0 bridgehead atoms. The van der Waals surface area contributed by atoms with Crippen molar-refractivity contribution in [2.75, 3.05) is 0 Å². The van der Waals surface area contributed by atoms with Gasteiger partial charge in [0.1, 0.15) is 6.26 Å². The summed E-state index contributed by atoms with van der Waals surface area (Å²) < 4.78 is 6.61. The van der Waals surface area contributed by atoms with Gasteiger partial charge in [-0.15, -0.1) is 0 Å². The van der Waals surface area contributed by atoms with Gasteiger partial charge in [0.2, 0.25) is 5.89 Å². The van der Waals surface area contributed by atoms with Crippen LogP contribution in [0.4, 0.5) is 0 Å². The van der Waals surface area contributed by atoms with Crippen molar-refractivity contribution in [3.8, 4) is 11.5 Å². The maximum Gasteiger partial charge on any atom is 0.227 e. The predicted molar refractivity (Wildman–Crippen MR) is 86.3 cm³/mol. The van der Waals surface area contributed by atoms with E-state index in [0.29, 0.717) is 17.5 Å². The molecular weight excluding hydrogens is 375 g/mol. The second kappa shape index (κ2) is 5.81. The van der Waals surface area contributed by atoms with E-state index in [1.807, 2.05) is 18.2 Å². The highest BCUT2D eigenvalue weighted by Gasteiger charge is 2.13. The van der Waals surface area contributed by atoms with Crippen LogP contribution in [-0.2, 0) is 6.54 Å². The van der Waals surface area contributed by atoms with Crippen LogP contribution >= 0.6 is 34.2 Å². The first kappa shape index (κ1) is 14.8. The number of hydrogen-bond acceptors (Lipinski definition) is 3. The number of halogens is 2. The summed E-state index contributed by atoms with van der Waals surface area (Å²) in [4.78, 5) is 4.49. The number of nitrogens with zero attached hydrogens (tertiary/aromatic N) is 1. The molecule has 5 heteroatoms. The van der Waals surface area contributed by atoms with Crippen molar-refractivity contribution < 1.29 is 4.42 Å². The lowest BCUT2D eigenvalue weighted by molar-refractivity contribution is 0.421. The third kappa shape index (κ3) is 4.19. The summed E-state index contributed by atoms with van der Waals surface area (Å²) in [6, 6.07) is 5.68. The van der Waals surface area contributed by atoms with Crippen LogP contribution in [0.3, 0.4) is 0 Å². The molecule has 102 valence electrons. The van der Waals surface area contributed by atoms with E-state index in [4.69, 9.17) is 16.0 Å². The van der Waals surface area contributed by atoms with Crippen LogP contribution in [0.1, 0.15) is 26.5 Å². The number of benzene rings is 1. The normalized spacial score (nSPS) is 11.8. The van der Waals surface area contributed by atoms with Crippen LogP contribution in [0, 0.1) is 3.57 Å². The molecule has 0 spiro atoms. The summed E-state index contributed by atoms with van der Waals surface area (Å²) in [5, 5.41) is 4.06. The van der Waals surface area contributed by atoms with Gasteiger partial charge in [0.15, 0.2) is 0 Å². The molecule has 0 aliphatic heterocycles. The average Bonchev–Trinajstić information content (AvgIpc) is 2.77. The first-order valence-electron chi connectivity index (χ1n) is 6.00. The first-order chi connectivity index (χ1) is 8.85. The van der Waals surface area contributed by atoms with Crippen molar-refractivity contribution in [3.63, 3.8) is 0 Å². The van der Waals surface area contributed by atoms with E-state index in [9.17, 15) is 0 Å². The minimum atomic E-state index is 0.0591. The van der Waals surface area contributed by atoms with Gasteiger partial charge in [0.25, 0.3) is 0 Å². The summed E-state index contributed by atoms with van der Waals surface area (Å²) in [5.41, 5.74) is 1.87. The standard InChI is InChI=1S/C14H16ClIN2O/c1-14(2,3)17-7-10-8-19-13(18-10)11-6-9(15)4-5-12(11)16/h4-6,8,17H,7H2,1-3H3. The molecular formula is C14H16ClIN2O. The Bertz CT molecular complexity index is 575. The maximum absolute atomic E-state index is 6.01. The Labute approximate surface area is 131 Å². The van der Waals surface area contributed by atoms with E-state index in [0.717, 1.165) is 14.8 Å². The third-order valence-corrected chi connectivity index (χ3v) is 3.69. The predicted octanol–water partition coefficient (Wildman–Crippen LogP) is 4.49. The second-order valence-electron chi connectivity index (χ2n) is 5.37. The summed E-state index contributed by atoms with van der Waals surface area (Å²) in [6.07, 6.45) is 1.69. The minimum absolute atomic E-state index is 0.0591. The van der Waals surface area contributed by atoms with Gasteiger partial charge in [0.05, 0.1) is 11.3 Å². The Morgan fingerprint density at radius 2 is 2.11 bits per heavy atom. The van der Waals surface area contributed by atoms with Crippen LogP contribution in [0.25, 0.3) is 11.5 Å². The van der Waals surface area contributed by atoms with Gasteiger partial charge in [0, 0.05) is 20.7 Å². The van der Waals surface area contributed by atoms with Gasteiger partial charge in [-0.2, -0.15) is 0 Å². The summed E-state index contributed by atoms with van der Waals surface area (Å²) in [6.45, 7) is 7.04. The molecule has 1 heterocycles. The van der Waals surface area contributed by atoms with Gasteiger partial charge >= 0.3 is 0 Å². The molecule has 1 aromatic carbocycles. The first-order valence-corrected chi connectivity index (χ1v) is 7.46. The van der Waals surface area contributed by atoms with Gasteiger partial charge in [-0.3, -0.25) is 0 Å². The molecule has 0 aliphatic carbocycles. The Morgan fingerprint density at radius 1 is 1.37 bits per heavy atom. The Kier molecular flexibility index (Phi) is 4.53. The van der Waals surface area contributed by atoms with Crippen LogP contribution in [0.15, 0.2) is 28.9 Å². The van der Waals surface area contributed by atoms with Gasteiger partial charge in [-0.1, -0.05) is 11.6 Å². The summed E-state index contributed by atoms with van der Waals surface area (Å²) >= 11 is 8.26. The van der Waals surface area contributed by atoms with Crippen molar-refractivity contribution in [1.82, 2.24) is 10.3 Å². The van der Waals surface area contributed by atoms with Crippen LogP contribution in [0.5, 0.6) is 0 Å². The molecule has 2 aromatic rings. The lowest BCUT2D eigenvalue weighted by Gasteiger charge is -2.19. The summed E-state index contributed by atoms with van der Waals surface area (Å²) in [7, 11) is 0. The average molecular weight is 391 g/mol. The fourth-order valence-corrected chi connectivity index (χ4v) is 2.27. The number of hydrogen-bond donors (Lipinski definition) is 1. The largest absolute Gasteiger partial charge is 0.444 e. The SMILES string of the molecule is CC(C)(C)NCc1coc(-c2cc(Cl)ccc2I)n1. The highest BCUT2D eigenvalue weighted by atomic mass is 127. The zero-order valence-corrected chi connectivity index (χ0v) is 14.0. The van der Waals surface area contributed by atoms with E-state index in [-0.39, 0.29) is 5.54 Å². The molecule has 1 aromatic heterocycles. The highest BCUT2D eigenvalue weighted by molar-refractivity contribution is 14.1. The molecule has 2 rings (SSSR count). The number of nitrogens with one attached hydrogen (secondary N) is 1. The molecule has 19 heavy (non-hydrogen) atoms. The van der Waals surface area contributed by atoms with Crippen molar-refractivity contribution in [2.24, 2.45) is 0 Å². The second-order valence-corrected chi connectivity index (χ2v) is 6.97. The molecule has 3 nitrogen and oxygen atoms in total. The molecule has 0 saturated heterocycles. The molecule has 0 fully saturated rings. The van der Waals surface area contributed by atoms with E-state index < -0.39 is 0 Å². The van der Waals surface area contributed by atoms with Crippen molar-refractivity contribution in [1.29, 1.82) is 0 Å². The fourth-order valence-electron chi connectivity index (χ4n) is 1.53. The minimum Gasteiger partial charge on any atom is -0.444 e. The van der Waals surface area contributed by atoms with E-state index in [2.05, 4.69) is 53.7 Å². The molecule has 0 saturated carbocycles. The van der Waals surface area contributed by atoms with Crippen LogP contribution in [-0.4, -0.2) is 10.5 Å². The lowest BCUT2D eigenvalue weighted by atomic mass is 10.1. The number of oxazole rings is 1. The molecule has 0 aliphatic rings. The molecule has 0 radical (unpaired) electrons. The molecule has 1 N–H and O–H groups in total. The van der Waals surface area contributed by atoms with Gasteiger partial charge in [-0.25, -0.2) is 4.98 Å². The zero-order valence-electron chi connectivity index (χ0n) is 11.1. The molecule has 0 amide bonds.